The fraction of sp³-hybridized carbons (Fsp3) is 0.143. The van der Waals surface area contributed by atoms with Crippen LogP contribution in [0, 0.1) is 12.3 Å². The highest BCUT2D eigenvalue weighted by atomic mass is 14.9. The molecule has 0 saturated carbocycles. The van der Waals surface area contributed by atoms with Crippen molar-refractivity contribution in [2.75, 3.05) is 5.32 Å². The normalized spacial score (nSPS) is 9.65. The van der Waals surface area contributed by atoms with E-state index in [-0.39, 0.29) is 0 Å². The van der Waals surface area contributed by atoms with E-state index in [1.807, 2.05) is 37.3 Å². The predicted molar refractivity (Wildman–Crippen MR) is 69.7 cm³/mol. The monoisotopic (exact) mass is 224 g/mol. The van der Waals surface area contributed by atoms with Crippen molar-refractivity contribution in [1.82, 2.24) is 0 Å². The lowest BCUT2D eigenvalue weighted by atomic mass is 10.1. The maximum Gasteiger partial charge on any atom is 0.407 e. The Morgan fingerprint density at radius 3 is 2.59 bits per heavy atom. The Kier molecular flexibility index (Phi) is 3.37. The highest BCUT2D eigenvalue weighted by Gasteiger charge is 2.12. The van der Waals surface area contributed by atoms with Crippen LogP contribution in [0.2, 0.25) is 0 Å². The Labute approximate surface area is 101 Å². The standard InChI is InChI=1S/C14H14N3/c1-11-7-8-13(17-15)14(9-11)16-10-12-5-3-2-4-6-12/h2-9,16H,10H2,1H3/q+1. The molecule has 0 saturated heterocycles. The Morgan fingerprint density at radius 2 is 1.88 bits per heavy atom. The average Bonchev–Trinajstić information content (AvgIpc) is 2.38. The van der Waals surface area contributed by atoms with Gasteiger partial charge in [-0.1, -0.05) is 36.4 Å². The van der Waals surface area contributed by atoms with Gasteiger partial charge in [0.25, 0.3) is 0 Å². The van der Waals surface area contributed by atoms with Crippen molar-refractivity contribution in [3.63, 3.8) is 0 Å². The number of aryl methyl sites for hydroxylation is 1. The van der Waals surface area contributed by atoms with Gasteiger partial charge in [-0.05, 0) is 24.1 Å². The molecule has 3 nitrogen and oxygen atoms in total. The third-order valence-corrected chi connectivity index (χ3v) is 2.59. The molecule has 0 aliphatic heterocycles. The molecule has 84 valence electrons. The summed E-state index contributed by atoms with van der Waals surface area (Å²) < 4.78 is 0. The van der Waals surface area contributed by atoms with Crippen LogP contribution in [0.15, 0.2) is 48.5 Å². The minimum Gasteiger partial charge on any atom is -0.374 e. The summed E-state index contributed by atoms with van der Waals surface area (Å²) in [6, 6.07) is 15.8. The van der Waals surface area contributed by atoms with Crippen molar-refractivity contribution in [3.05, 3.63) is 64.6 Å². The molecule has 0 amide bonds. The Balaban J connectivity index is 2.14. The van der Waals surface area contributed by atoms with Gasteiger partial charge in [-0.3, -0.25) is 0 Å². The fourth-order valence-electron chi connectivity index (χ4n) is 1.67. The summed E-state index contributed by atoms with van der Waals surface area (Å²) in [5.74, 6) is 0. The summed E-state index contributed by atoms with van der Waals surface area (Å²) >= 11 is 0. The number of nitrogens with zero attached hydrogens (tertiary/aromatic N) is 2. The zero-order chi connectivity index (χ0) is 12.1. The summed E-state index contributed by atoms with van der Waals surface area (Å²) in [5, 5.41) is 12.2. The van der Waals surface area contributed by atoms with Crippen molar-refractivity contribution >= 4 is 11.4 Å². The first kappa shape index (κ1) is 11.2. The molecule has 2 aromatic rings. The molecule has 0 bridgehead atoms. The van der Waals surface area contributed by atoms with Crippen LogP contribution in [-0.2, 0) is 6.54 Å². The molecule has 2 rings (SSSR count). The number of benzene rings is 2. The summed E-state index contributed by atoms with van der Waals surface area (Å²) in [6.07, 6.45) is 0. The van der Waals surface area contributed by atoms with Gasteiger partial charge in [-0.2, -0.15) is 0 Å². The lowest BCUT2D eigenvalue weighted by Crippen LogP contribution is -1.99. The van der Waals surface area contributed by atoms with E-state index in [1.54, 1.807) is 6.07 Å². The Hall–Kier alpha value is -2.34. The molecule has 0 radical (unpaired) electrons. The van der Waals surface area contributed by atoms with E-state index in [0.717, 1.165) is 11.3 Å². The van der Waals surface area contributed by atoms with E-state index in [1.165, 1.54) is 5.56 Å². The fourth-order valence-corrected chi connectivity index (χ4v) is 1.67. The first-order valence-electron chi connectivity index (χ1n) is 5.53. The van der Waals surface area contributed by atoms with Gasteiger partial charge in [-0.25, -0.2) is 0 Å². The van der Waals surface area contributed by atoms with Gasteiger partial charge in [-0.15, -0.1) is 0 Å². The summed E-state index contributed by atoms with van der Waals surface area (Å²) in [7, 11) is 0. The molecule has 0 atom stereocenters. The van der Waals surface area contributed by atoms with Crippen molar-refractivity contribution < 1.29 is 0 Å². The van der Waals surface area contributed by atoms with Gasteiger partial charge in [0.2, 0.25) is 5.39 Å². The lowest BCUT2D eigenvalue weighted by Gasteiger charge is -2.04. The van der Waals surface area contributed by atoms with Gasteiger partial charge >= 0.3 is 5.69 Å². The molecular weight excluding hydrogens is 210 g/mol. The Morgan fingerprint density at radius 1 is 1.12 bits per heavy atom. The van der Waals surface area contributed by atoms with Gasteiger partial charge in [0.05, 0.1) is 0 Å². The van der Waals surface area contributed by atoms with E-state index in [9.17, 15) is 0 Å². The minimum absolute atomic E-state index is 0.562. The predicted octanol–water partition coefficient (Wildman–Crippen LogP) is 4.09. The van der Waals surface area contributed by atoms with Crippen LogP contribution >= 0.6 is 0 Å². The number of diazo groups is 1. The molecule has 0 heterocycles. The first-order chi connectivity index (χ1) is 8.29. The van der Waals surface area contributed by atoms with Crippen LogP contribution in [-0.4, -0.2) is 0 Å². The Bertz CT molecular complexity index is 541. The smallest absolute Gasteiger partial charge is 0.374 e. The SMILES string of the molecule is Cc1ccc([N+]#N)c(NCc2ccccc2)c1. The van der Waals surface area contributed by atoms with E-state index >= 15 is 0 Å². The molecule has 0 aliphatic carbocycles. The zero-order valence-corrected chi connectivity index (χ0v) is 9.72. The van der Waals surface area contributed by atoms with Crippen molar-refractivity contribution in [2.45, 2.75) is 13.5 Å². The number of anilines is 1. The maximum atomic E-state index is 8.89. The van der Waals surface area contributed by atoms with E-state index in [0.29, 0.717) is 12.2 Å². The summed E-state index contributed by atoms with van der Waals surface area (Å²) in [6.45, 7) is 2.72. The van der Waals surface area contributed by atoms with Crippen molar-refractivity contribution in [3.8, 4) is 0 Å². The van der Waals surface area contributed by atoms with Crippen molar-refractivity contribution in [1.29, 1.82) is 5.39 Å². The highest BCUT2D eigenvalue weighted by Crippen LogP contribution is 2.26. The van der Waals surface area contributed by atoms with Crippen LogP contribution in [0.25, 0.3) is 4.98 Å². The largest absolute Gasteiger partial charge is 0.407 e. The number of hydrogen-bond donors (Lipinski definition) is 1. The average molecular weight is 224 g/mol. The van der Waals surface area contributed by atoms with Crippen LogP contribution in [0.4, 0.5) is 11.4 Å². The second kappa shape index (κ2) is 5.13. The quantitative estimate of drug-likeness (QED) is 0.797. The van der Waals surface area contributed by atoms with Gasteiger partial charge in [0.15, 0.2) is 4.98 Å². The number of nitrogens with one attached hydrogen (secondary N) is 1. The van der Waals surface area contributed by atoms with Gasteiger partial charge in [0.1, 0.15) is 5.69 Å². The second-order valence-corrected chi connectivity index (χ2v) is 3.96. The summed E-state index contributed by atoms with van der Waals surface area (Å²) in [4.78, 5) is 3.26. The van der Waals surface area contributed by atoms with Gasteiger partial charge < -0.3 is 5.32 Å². The van der Waals surface area contributed by atoms with Crippen LogP contribution < -0.4 is 5.32 Å². The molecule has 3 heteroatoms. The third kappa shape index (κ3) is 2.82. The van der Waals surface area contributed by atoms with Crippen molar-refractivity contribution in [2.24, 2.45) is 0 Å². The van der Waals surface area contributed by atoms with E-state index < -0.39 is 0 Å². The maximum absolute atomic E-state index is 8.89. The molecule has 1 N–H and O–H groups in total. The third-order valence-electron chi connectivity index (χ3n) is 2.59. The molecule has 0 aliphatic rings. The van der Waals surface area contributed by atoms with E-state index in [4.69, 9.17) is 5.39 Å². The molecule has 17 heavy (non-hydrogen) atoms. The molecule has 0 fully saturated rings. The minimum atomic E-state index is 0.562. The number of hydrogen-bond acceptors (Lipinski definition) is 2. The summed E-state index contributed by atoms with van der Waals surface area (Å²) in [5.41, 5.74) is 3.73. The molecule has 0 spiro atoms. The molecule has 0 unspecified atom stereocenters. The zero-order valence-electron chi connectivity index (χ0n) is 9.72. The number of rotatable bonds is 3. The van der Waals surface area contributed by atoms with Crippen LogP contribution in [0.1, 0.15) is 11.1 Å². The van der Waals surface area contributed by atoms with Gasteiger partial charge in [0, 0.05) is 12.6 Å². The molecular formula is C14H14N3+. The molecule has 2 aromatic carbocycles. The van der Waals surface area contributed by atoms with E-state index in [2.05, 4.69) is 22.4 Å². The first-order valence-corrected chi connectivity index (χ1v) is 5.53. The second-order valence-electron chi connectivity index (χ2n) is 3.96. The lowest BCUT2D eigenvalue weighted by molar-refractivity contribution is 1.15. The highest BCUT2D eigenvalue weighted by molar-refractivity contribution is 5.70. The van der Waals surface area contributed by atoms with Crippen LogP contribution in [0.3, 0.4) is 0 Å². The van der Waals surface area contributed by atoms with Crippen LogP contribution in [0.5, 0.6) is 0 Å². The topological polar surface area (TPSA) is 40.2 Å². The molecule has 0 aromatic heterocycles.